The summed E-state index contributed by atoms with van der Waals surface area (Å²) in [5, 5.41) is 5.56. The normalized spacial score (nSPS) is 10.8. The predicted molar refractivity (Wildman–Crippen MR) is 132 cm³/mol. The lowest BCUT2D eigenvalue weighted by molar-refractivity contribution is 0.102. The molecule has 1 amide bonds. The van der Waals surface area contributed by atoms with Gasteiger partial charge in [-0.1, -0.05) is 54.1 Å². The highest BCUT2D eigenvalue weighted by atomic mass is 35.5. The van der Waals surface area contributed by atoms with E-state index in [0.29, 0.717) is 23.0 Å². The standard InChI is InChI=1S/C26H25ClN4O/c1-3-31(4-2)25-17-23(27)29-24(30-25)15-18-9-13-22(14-10-18)28-26(32)21-12-11-19-7-5-6-8-20(19)16-21/h5-14,16-17H,3-4,15H2,1-2H3,(H,28,32). The lowest BCUT2D eigenvalue weighted by Crippen LogP contribution is -2.23. The minimum atomic E-state index is -0.134. The topological polar surface area (TPSA) is 58.1 Å². The fraction of sp³-hybridized carbons (Fsp3) is 0.192. The highest BCUT2D eigenvalue weighted by Crippen LogP contribution is 2.20. The minimum absolute atomic E-state index is 0.134. The Morgan fingerprint density at radius 3 is 2.34 bits per heavy atom. The quantitative estimate of drug-likeness (QED) is 0.356. The van der Waals surface area contributed by atoms with Crippen LogP contribution in [-0.2, 0) is 6.42 Å². The minimum Gasteiger partial charge on any atom is -0.357 e. The van der Waals surface area contributed by atoms with E-state index in [1.807, 2.05) is 66.7 Å². The van der Waals surface area contributed by atoms with Crippen molar-refractivity contribution in [3.63, 3.8) is 0 Å². The summed E-state index contributed by atoms with van der Waals surface area (Å²) in [4.78, 5) is 23.9. The SMILES string of the molecule is CCN(CC)c1cc(Cl)nc(Cc2ccc(NC(=O)c3ccc4ccccc4c3)cc2)n1. The number of rotatable bonds is 7. The van der Waals surface area contributed by atoms with E-state index in [9.17, 15) is 4.79 Å². The molecule has 162 valence electrons. The summed E-state index contributed by atoms with van der Waals surface area (Å²) in [6.07, 6.45) is 0.563. The van der Waals surface area contributed by atoms with E-state index in [2.05, 4.69) is 34.0 Å². The molecule has 1 heterocycles. The van der Waals surface area contributed by atoms with Gasteiger partial charge in [0.15, 0.2) is 0 Å². The number of aromatic nitrogens is 2. The molecular weight excluding hydrogens is 420 g/mol. The Morgan fingerprint density at radius 2 is 1.62 bits per heavy atom. The van der Waals surface area contributed by atoms with Gasteiger partial charge in [0.1, 0.15) is 16.8 Å². The molecule has 4 rings (SSSR count). The number of nitrogens with zero attached hydrogens (tertiary/aromatic N) is 3. The van der Waals surface area contributed by atoms with Gasteiger partial charge in [-0.2, -0.15) is 0 Å². The number of halogens is 1. The van der Waals surface area contributed by atoms with Gasteiger partial charge in [-0.05, 0) is 54.4 Å². The van der Waals surface area contributed by atoms with Crippen LogP contribution >= 0.6 is 11.6 Å². The Labute approximate surface area is 193 Å². The number of fused-ring (bicyclic) bond motifs is 1. The van der Waals surface area contributed by atoms with Crippen LogP contribution in [0.1, 0.15) is 35.6 Å². The number of benzene rings is 3. The molecule has 0 fully saturated rings. The van der Waals surface area contributed by atoms with Crippen molar-refractivity contribution in [2.45, 2.75) is 20.3 Å². The van der Waals surface area contributed by atoms with E-state index in [0.717, 1.165) is 40.9 Å². The van der Waals surface area contributed by atoms with Gasteiger partial charge >= 0.3 is 0 Å². The van der Waals surface area contributed by atoms with E-state index in [-0.39, 0.29) is 5.91 Å². The van der Waals surface area contributed by atoms with Crippen LogP contribution < -0.4 is 10.2 Å². The Balaban J connectivity index is 1.45. The maximum absolute atomic E-state index is 12.7. The highest BCUT2D eigenvalue weighted by Gasteiger charge is 2.10. The molecule has 0 aliphatic heterocycles. The maximum atomic E-state index is 12.7. The molecule has 0 bridgehead atoms. The molecule has 6 heteroatoms. The van der Waals surface area contributed by atoms with Gasteiger partial charge in [0.25, 0.3) is 5.91 Å². The number of amides is 1. The van der Waals surface area contributed by atoms with E-state index in [4.69, 9.17) is 11.6 Å². The molecule has 32 heavy (non-hydrogen) atoms. The predicted octanol–water partition coefficient (Wildman–Crippen LogP) is 5.97. The summed E-state index contributed by atoms with van der Waals surface area (Å²) < 4.78 is 0. The van der Waals surface area contributed by atoms with Crippen molar-refractivity contribution in [3.8, 4) is 0 Å². The molecule has 0 saturated carbocycles. The molecule has 4 aromatic rings. The van der Waals surface area contributed by atoms with Crippen molar-refractivity contribution >= 4 is 39.8 Å². The number of hydrogen-bond acceptors (Lipinski definition) is 4. The Morgan fingerprint density at radius 1 is 0.906 bits per heavy atom. The zero-order chi connectivity index (χ0) is 22.5. The molecule has 0 spiro atoms. The molecule has 1 aromatic heterocycles. The van der Waals surface area contributed by atoms with Crippen LogP contribution in [0.3, 0.4) is 0 Å². The number of carbonyl (C=O) groups excluding carboxylic acids is 1. The largest absolute Gasteiger partial charge is 0.357 e. The van der Waals surface area contributed by atoms with Crippen molar-refractivity contribution in [1.29, 1.82) is 0 Å². The molecule has 3 aromatic carbocycles. The lowest BCUT2D eigenvalue weighted by atomic mass is 10.1. The highest BCUT2D eigenvalue weighted by molar-refractivity contribution is 6.29. The number of carbonyl (C=O) groups is 1. The van der Waals surface area contributed by atoms with Crippen molar-refractivity contribution in [3.05, 3.63) is 94.9 Å². The average Bonchev–Trinajstić information content (AvgIpc) is 2.80. The lowest BCUT2D eigenvalue weighted by Gasteiger charge is -2.20. The third kappa shape index (κ3) is 5.06. The van der Waals surface area contributed by atoms with Gasteiger partial charge in [-0.15, -0.1) is 0 Å². The van der Waals surface area contributed by atoms with E-state index < -0.39 is 0 Å². The Bertz CT molecular complexity index is 1240. The fourth-order valence-corrected chi connectivity index (χ4v) is 3.86. The van der Waals surface area contributed by atoms with Crippen molar-refractivity contribution in [2.75, 3.05) is 23.3 Å². The van der Waals surface area contributed by atoms with Gasteiger partial charge in [-0.25, -0.2) is 9.97 Å². The molecule has 0 saturated heterocycles. The average molecular weight is 445 g/mol. The first-order chi connectivity index (χ1) is 15.6. The number of hydrogen-bond donors (Lipinski definition) is 1. The first-order valence-electron chi connectivity index (χ1n) is 10.7. The molecular formula is C26H25ClN4O. The summed E-state index contributed by atoms with van der Waals surface area (Å²) in [5.41, 5.74) is 2.41. The first kappa shape index (κ1) is 21.8. The molecule has 0 unspecified atom stereocenters. The van der Waals surface area contributed by atoms with Gasteiger partial charge in [0, 0.05) is 36.8 Å². The van der Waals surface area contributed by atoms with Crippen LogP contribution in [0.4, 0.5) is 11.5 Å². The van der Waals surface area contributed by atoms with Gasteiger partial charge in [0.05, 0.1) is 0 Å². The second-order valence-electron chi connectivity index (χ2n) is 7.53. The van der Waals surface area contributed by atoms with Crippen molar-refractivity contribution in [1.82, 2.24) is 9.97 Å². The smallest absolute Gasteiger partial charge is 0.255 e. The molecule has 0 aliphatic carbocycles. The van der Waals surface area contributed by atoms with Crippen molar-refractivity contribution < 1.29 is 4.79 Å². The fourth-order valence-electron chi connectivity index (χ4n) is 3.66. The Hall–Kier alpha value is -3.44. The number of anilines is 2. The summed E-state index contributed by atoms with van der Waals surface area (Å²) in [5.74, 6) is 1.38. The summed E-state index contributed by atoms with van der Waals surface area (Å²) in [7, 11) is 0. The van der Waals surface area contributed by atoms with Crippen LogP contribution in [-0.4, -0.2) is 29.0 Å². The van der Waals surface area contributed by atoms with Crippen LogP contribution in [0.25, 0.3) is 10.8 Å². The molecule has 0 radical (unpaired) electrons. The summed E-state index contributed by atoms with van der Waals surface area (Å²) >= 11 is 6.23. The third-order valence-corrected chi connectivity index (χ3v) is 5.59. The molecule has 5 nitrogen and oxygen atoms in total. The molecule has 0 atom stereocenters. The first-order valence-corrected chi connectivity index (χ1v) is 11.1. The number of nitrogens with one attached hydrogen (secondary N) is 1. The van der Waals surface area contributed by atoms with Crippen LogP contribution in [0, 0.1) is 0 Å². The van der Waals surface area contributed by atoms with E-state index >= 15 is 0 Å². The zero-order valence-electron chi connectivity index (χ0n) is 18.2. The Kier molecular flexibility index (Phi) is 6.66. The summed E-state index contributed by atoms with van der Waals surface area (Å²) in [6, 6.07) is 23.2. The van der Waals surface area contributed by atoms with Crippen LogP contribution in [0.5, 0.6) is 0 Å². The molecule has 0 aliphatic rings. The monoisotopic (exact) mass is 444 g/mol. The van der Waals surface area contributed by atoms with Crippen molar-refractivity contribution in [2.24, 2.45) is 0 Å². The second-order valence-corrected chi connectivity index (χ2v) is 7.91. The van der Waals surface area contributed by atoms with Gasteiger partial charge in [0.2, 0.25) is 0 Å². The third-order valence-electron chi connectivity index (χ3n) is 5.40. The van der Waals surface area contributed by atoms with Crippen LogP contribution in [0.15, 0.2) is 72.8 Å². The van der Waals surface area contributed by atoms with Gasteiger partial charge in [-0.3, -0.25) is 4.79 Å². The van der Waals surface area contributed by atoms with E-state index in [1.54, 1.807) is 6.07 Å². The molecule has 1 N–H and O–H groups in total. The maximum Gasteiger partial charge on any atom is 0.255 e. The van der Waals surface area contributed by atoms with Crippen LogP contribution in [0.2, 0.25) is 5.15 Å². The van der Waals surface area contributed by atoms with Gasteiger partial charge < -0.3 is 10.2 Å². The zero-order valence-corrected chi connectivity index (χ0v) is 18.9. The second kappa shape index (κ2) is 9.79. The summed E-state index contributed by atoms with van der Waals surface area (Å²) in [6.45, 7) is 5.89. The van der Waals surface area contributed by atoms with E-state index in [1.165, 1.54) is 0 Å².